The molecule has 3 saturated heterocycles. The van der Waals surface area contributed by atoms with E-state index in [-0.39, 0.29) is 23.8 Å². The maximum atomic E-state index is 14.2. The highest BCUT2D eigenvalue weighted by atomic mass is 19.1. The summed E-state index contributed by atoms with van der Waals surface area (Å²) in [6.07, 6.45) is 10.3. The van der Waals surface area contributed by atoms with Gasteiger partial charge in [-0.25, -0.2) is 4.39 Å². The lowest BCUT2D eigenvalue weighted by atomic mass is 9.72. The van der Waals surface area contributed by atoms with E-state index in [9.17, 15) is 9.18 Å². The van der Waals surface area contributed by atoms with Crippen molar-refractivity contribution in [2.75, 3.05) is 13.2 Å². The summed E-state index contributed by atoms with van der Waals surface area (Å²) in [5, 5.41) is 2.47. The Kier molecular flexibility index (Phi) is 5.60. The van der Waals surface area contributed by atoms with Crippen LogP contribution in [0.3, 0.4) is 0 Å². The number of aromatic nitrogens is 1. The van der Waals surface area contributed by atoms with Crippen molar-refractivity contribution >= 4 is 16.7 Å². The average molecular weight is 459 g/mol. The molecule has 3 aliphatic rings. The van der Waals surface area contributed by atoms with E-state index in [1.807, 2.05) is 18.5 Å². The van der Waals surface area contributed by atoms with E-state index < -0.39 is 5.41 Å². The van der Waals surface area contributed by atoms with Gasteiger partial charge in [0.05, 0.1) is 5.41 Å². The van der Waals surface area contributed by atoms with Crippen molar-refractivity contribution in [1.82, 2.24) is 9.88 Å². The number of amides is 1. The molecule has 3 aromatic rings. The summed E-state index contributed by atoms with van der Waals surface area (Å²) in [5.74, 6) is 0.483. The van der Waals surface area contributed by atoms with Crippen LogP contribution in [0, 0.1) is 11.7 Å². The number of carbonyl (C=O) groups is 1. The van der Waals surface area contributed by atoms with Crippen LogP contribution in [-0.2, 0) is 21.4 Å². The third-order valence-electron chi connectivity index (χ3n) is 8.48. The Labute approximate surface area is 200 Å². The largest absolute Gasteiger partial charge is 0.381 e. The Morgan fingerprint density at radius 2 is 1.82 bits per heavy atom. The molecule has 4 nitrogen and oxygen atoms in total. The van der Waals surface area contributed by atoms with Crippen LogP contribution in [0.2, 0.25) is 0 Å². The zero-order chi connectivity index (χ0) is 23.1. The van der Waals surface area contributed by atoms with E-state index in [1.165, 1.54) is 22.4 Å². The first kappa shape index (κ1) is 21.7. The van der Waals surface area contributed by atoms with Crippen molar-refractivity contribution in [3.63, 3.8) is 0 Å². The Balaban J connectivity index is 1.25. The lowest BCUT2D eigenvalue weighted by molar-refractivity contribution is -0.146. The van der Waals surface area contributed by atoms with E-state index in [0.29, 0.717) is 32.0 Å². The molecule has 4 heterocycles. The summed E-state index contributed by atoms with van der Waals surface area (Å²) in [4.78, 5) is 20.8. The lowest BCUT2D eigenvalue weighted by Crippen LogP contribution is -2.56. The quantitative estimate of drug-likeness (QED) is 0.523. The molecule has 2 aromatic carbocycles. The molecule has 0 saturated carbocycles. The minimum Gasteiger partial charge on any atom is -0.381 e. The van der Waals surface area contributed by atoms with Gasteiger partial charge >= 0.3 is 0 Å². The van der Waals surface area contributed by atoms with Crippen molar-refractivity contribution in [3.8, 4) is 0 Å². The zero-order valence-corrected chi connectivity index (χ0v) is 19.5. The predicted octanol–water partition coefficient (Wildman–Crippen LogP) is 5.43. The third kappa shape index (κ3) is 3.70. The fraction of sp³-hybridized carbons (Fsp3) is 0.448. The summed E-state index contributed by atoms with van der Waals surface area (Å²) in [6, 6.07) is 15.8. The van der Waals surface area contributed by atoms with Gasteiger partial charge in [0.25, 0.3) is 0 Å². The summed E-state index contributed by atoms with van der Waals surface area (Å²) >= 11 is 0. The van der Waals surface area contributed by atoms with Gasteiger partial charge in [-0.05, 0) is 85.6 Å². The number of hydrogen-bond acceptors (Lipinski definition) is 3. The SMILES string of the molecule is O=C(N1[C@H]2CC[C@H]1CC(Cc1cccc3ccncc13)C2)C1(c2cccc(F)c2)CCOCC1. The minimum atomic E-state index is -0.671. The summed E-state index contributed by atoms with van der Waals surface area (Å²) in [6.45, 7) is 1.09. The normalized spacial score (nSPS) is 26.0. The van der Waals surface area contributed by atoms with Crippen LogP contribution in [0.25, 0.3) is 10.8 Å². The molecular formula is C29H31FN2O2. The van der Waals surface area contributed by atoms with Crippen LogP contribution < -0.4 is 0 Å². The van der Waals surface area contributed by atoms with Gasteiger partial charge in [0.2, 0.25) is 5.91 Å². The number of carbonyl (C=O) groups excluding carboxylic acids is 1. The van der Waals surface area contributed by atoms with Gasteiger partial charge < -0.3 is 9.64 Å². The number of pyridine rings is 1. The molecule has 2 atom stereocenters. The molecule has 1 amide bonds. The van der Waals surface area contributed by atoms with Crippen molar-refractivity contribution < 1.29 is 13.9 Å². The van der Waals surface area contributed by atoms with Crippen molar-refractivity contribution in [2.45, 2.75) is 62.4 Å². The highest BCUT2D eigenvalue weighted by Crippen LogP contribution is 2.45. The molecule has 0 unspecified atom stereocenters. The molecule has 3 aliphatic heterocycles. The second-order valence-corrected chi connectivity index (χ2v) is 10.4. The molecule has 0 aliphatic carbocycles. The molecule has 6 rings (SSSR count). The monoisotopic (exact) mass is 458 g/mol. The molecule has 1 aromatic heterocycles. The standard InChI is InChI=1S/C29H31FN2O2/c30-24-6-2-5-23(18-24)29(10-13-34-14-11-29)28(33)32-25-7-8-26(32)17-20(16-25)15-22-4-1-3-21-9-12-31-19-27(21)22/h1-6,9,12,18-20,25-26H,7-8,10-11,13-17H2/t25-,26-/m0/s1. The minimum absolute atomic E-state index is 0.196. The predicted molar refractivity (Wildman–Crippen MR) is 130 cm³/mol. The Hall–Kier alpha value is -2.79. The van der Waals surface area contributed by atoms with Crippen LogP contribution >= 0.6 is 0 Å². The van der Waals surface area contributed by atoms with Gasteiger partial charge in [-0.2, -0.15) is 0 Å². The third-order valence-corrected chi connectivity index (χ3v) is 8.48. The Morgan fingerprint density at radius 1 is 1.06 bits per heavy atom. The van der Waals surface area contributed by atoms with Crippen molar-refractivity contribution in [2.24, 2.45) is 5.92 Å². The number of piperidine rings is 1. The molecule has 34 heavy (non-hydrogen) atoms. The zero-order valence-electron chi connectivity index (χ0n) is 19.5. The molecule has 2 bridgehead atoms. The van der Waals surface area contributed by atoms with Crippen molar-refractivity contribution in [3.05, 3.63) is 77.9 Å². The lowest BCUT2D eigenvalue weighted by Gasteiger charge is -2.46. The first-order valence-corrected chi connectivity index (χ1v) is 12.6. The molecule has 5 heteroatoms. The molecular weight excluding hydrogens is 427 g/mol. The number of nitrogens with zero attached hydrogens (tertiary/aromatic N) is 2. The number of rotatable bonds is 4. The highest BCUT2D eigenvalue weighted by Gasteiger charge is 2.51. The maximum absolute atomic E-state index is 14.2. The highest BCUT2D eigenvalue weighted by molar-refractivity contribution is 5.89. The van der Waals surface area contributed by atoms with Crippen LogP contribution in [0.15, 0.2) is 60.9 Å². The van der Waals surface area contributed by atoms with E-state index in [0.717, 1.165) is 37.7 Å². The van der Waals surface area contributed by atoms with Crippen LogP contribution in [0.4, 0.5) is 4.39 Å². The molecule has 0 N–H and O–H groups in total. The maximum Gasteiger partial charge on any atom is 0.233 e. The fourth-order valence-electron chi connectivity index (χ4n) is 6.83. The van der Waals surface area contributed by atoms with Gasteiger partial charge in [-0.1, -0.05) is 30.3 Å². The smallest absolute Gasteiger partial charge is 0.233 e. The van der Waals surface area contributed by atoms with Crippen LogP contribution in [-0.4, -0.2) is 41.1 Å². The van der Waals surface area contributed by atoms with Gasteiger partial charge in [-0.3, -0.25) is 9.78 Å². The molecule has 3 fully saturated rings. The second kappa shape index (κ2) is 8.77. The van der Waals surface area contributed by atoms with Gasteiger partial charge in [0.15, 0.2) is 0 Å². The number of ether oxygens (including phenoxy) is 1. The Bertz CT molecular complexity index is 1190. The van der Waals surface area contributed by atoms with E-state index in [1.54, 1.807) is 12.1 Å². The topological polar surface area (TPSA) is 42.4 Å². The van der Waals surface area contributed by atoms with Gasteiger partial charge in [0, 0.05) is 43.1 Å². The number of hydrogen-bond donors (Lipinski definition) is 0. The average Bonchev–Trinajstić information content (AvgIpc) is 3.14. The Morgan fingerprint density at radius 3 is 2.59 bits per heavy atom. The van der Waals surface area contributed by atoms with E-state index >= 15 is 0 Å². The number of benzene rings is 2. The summed E-state index contributed by atoms with van der Waals surface area (Å²) in [5.41, 5.74) is 1.50. The number of fused-ring (bicyclic) bond motifs is 3. The molecule has 176 valence electrons. The number of halogens is 1. The fourth-order valence-corrected chi connectivity index (χ4v) is 6.83. The van der Waals surface area contributed by atoms with Crippen LogP contribution in [0.1, 0.15) is 49.7 Å². The first-order valence-electron chi connectivity index (χ1n) is 12.6. The van der Waals surface area contributed by atoms with E-state index in [4.69, 9.17) is 4.74 Å². The second-order valence-electron chi connectivity index (χ2n) is 10.4. The van der Waals surface area contributed by atoms with Crippen LogP contribution in [0.5, 0.6) is 0 Å². The molecule has 0 spiro atoms. The molecule has 0 radical (unpaired) electrons. The van der Waals surface area contributed by atoms with Gasteiger partial charge in [-0.15, -0.1) is 0 Å². The van der Waals surface area contributed by atoms with Crippen molar-refractivity contribution in [1.29, 1.82) is 0 Å². The first-order chi connectivity index (χ1) is 16.6. The van der Waals surface area contributed by atoms with E-state index in [2.05, 4.69) is 34.1 Å². The van der Waals surface area contributed by atoms with Gasteiger partial charge in [0.1, 0.15) is 5.82 Å². The summed E-state index contributed by atoms with van der Waals surface area (Å²) in [7, 11) is 0. The summed E-state index contributed by atoms with van der Waals surface area (Å²) < 4.78 is 19.8.